The number of hydrogen-bond donors (Lipinski definition) is 0. The maximum atomic E-state index is 12.6. The maximum absolute atomic E-state index is 12.6. The molecule has 0 spiro atoms. The normalized spacial score (nSPS) is 15.0. The molecule has 0 unspecified atom stereocenters. The molecule has 1 aliphatic heterocycles. The van der Waals surface area contributed by atoms with Crippen LogP contribution in [-0.2, 0) is 16.0 Å². The van der Waals surface area contributed by atoms with E-state index in [4.69, 9.17) is 9.47 Å². The molecular formula is C18H26N2O4. The second-order valence-electron chi connectivity index (χ2n) is 5.83. The van der Waals surface area contributed by atoms with Gasteiger partial charge in [-0.05, 0) is 24.1 Å². The van der Waals surface area contributed by atoms with Crippen molar-refractivity contribution in [3.63, 3.8) is 0 Å². The molecule has 6 heteroatoms. The number of nitrogens with zero attached hydrogens (tertiary/aromatic N) is 2. The Kier molecular flexibility index (Phi) is 6.46. The van der Waals surface area contributed by atoms with Crippen molar-refractivity contribution in [2.75, 3.05) is 40.4 Å². The Morgan fingerprint density at radius 2 is 1.58 bits per heavy atom. The highest BCUT2D eigenvalue weighted by Gasteiger charge is 2.21. The summed E-state index contributed by atoms with van der Waals surface area (Å²) in [7, 11) is 3.17. The van der Waals surface area contributed by atoms with Crippen molar-refractivity contribution >= 4 is 11.8 Å². The van der Waals surface area contributed by atoms with Gasteiger partial charge >= 0.3 is 0 Å². The van der Waals surface area contributed by atoms with Crippen LogP contribution in [0.1, 0.15) is 25.3 Å². The van der Waals surface area contributed by atoms with Gasteiger partial charge in [0.1, 0.15) is 0 Å². The summed E-state index contributed by atoms with van der Waals surface area (Å²) >= 11 is 0. The summed E-state index contributed by atoms with van der Waals surface area (Å²) in [4.78, 5) is 28.1. The summed E-state index contributed by atoms with van der Waals surface area (Å²) in [5, 5.41) is 0. The van der Waals surface area contributed by atoms with Gasteiger partial charge in [0, 0.05) is 32.6 Å². The molecule has 2 amide bonds. The fourth-order valence-electron chi connectivity index (χ4n) is 2.92. The zero-order chi connectivity index (χ0) is 17.5. The first-order valence-electron chi connectivity index (χ1n) is 8.35. The number of carbonyl (C=O) groups excluding carboxylic acids is 2. The SMILES string of the molecule is CCC(=O)N1CCCN(C(=O)Cc2ccc(OC)c(OC)c2)CC1. The zero-order valence-corrected chi connectivity index (χ0v) is 14.7. The molecule has 1 aromatic carbocycles. The predicted molar refractivity (Wildman–Crippen MR) is 91.3 cm³/mol. The number of ether oxygens (including phenoxy) is 2. The van der Waals surface area contributed by atoms with Crippen molar-refractivity contribution in [1.29, 1.82) is 0 Å². The van der Waals surface area contributed by atoms with Crippen LogP contribution in [0, 0.1) is 0 Å². The number of carbonyl (C=O) groups is 2. The van der Waals surface area contributed by atoms with Crippen molar-refractivity contribution in [3.05, 3.63) is 23.8 Å². The lowest BCUT2D eigenvalue weighted by molar-refractivity contribution is -0.133. The molecule has 0 N–H and O–H groups in total. The van der Waals surface area contributed by atoms with Crippen LogP contribution < -0.4 is 9.47 Å². The van der Waals surface area contributed by atoms with Crippen LogP contribution in [0.2, 0.25) is 0 Å². The van der Waals surface area contributed by atoms with Crippen molar-refractivity contribution < 1.29 is 19.1 Å². The Hall–Kier alpha value is -2.24. The first kappa shape index (κ1) is 18.1. The molecule has 1 heterocycles. The van der Waals surface area contributed by atoms with Gasteiger partial charge in [-0.15, -0.1) is 0 Å². The van der Waals surface area contributed by atoms with E-state index < -0.39 is 0 Å². The average Bonchev–Trinajstić information content (AvgIpc) is 2.87. The summed E-state index contributed by atoms with van der Waals surface area (Å²) in [6.07, 6.45) is 1.66. The Bertz CT molecular complexity index is 588. The second kappa shape index (κ2) is 8.57. The van der Waals surface area contributed by atoms with Gasteiger partial charge in [-0.2, -0.15) is 0 Å². The lowest BCUT2D eigenvalue weighted by Gasteiger charge is -2.22. The molecule has 1 saturated heterocycles. The third-order valence-electron chi connectivity index (χ3n) is 4.31. The molecule has 1 aliphatic rings. The highest BCUT2D eigenvalue weighted by molar-refractivity contribution is 5.79. The van der Waals surface area contributed by atoms with Crippen LogP contribution in [0.15, 0.2) is 18.2 Å². The van der Waals surface area contributed by atoms with Crippen LogP contribution in [0.4, 0.5) is 0 Å². The molecule has 1 fully saturated rings. The number of amides is 2. The summed E-state index contributed by atoms with van der Waals surface area (Å²) < 4.78 is 10.5. The van der Waals surface area contributed by atoms with Gasteiger partial charge in [0.2, 0.25) is 11.8 Å². The van der Waals surface area contributed by atoms with E-state index in [2.05, 4.69) is 0 Å². The number of hydrogen-bond acceptors (Lipinski definition) is 4. The molecule has 0 aliphatic carbocycles. The van der Waals surface area contributed by atoms with Gasteiger partial charge in [-0.25, -0.2) is 0 Å². The van der Waals surface area contributed by atoms with Crippen molar-refractivity contribution in [1.82, 2.24) is 9.80 Å². The van der Waals surface area contributed by atoms with Gasteiger partial charge in [0.05, 0.1) is 20.6 Å². The van der Waals surface area contributed by atoms with Crippen LogP contribution in [-0.4, -0.2) is 62.0 Å². The highest BCUT2D eigenvalue weighted by atomic mass is 16.5. The topological polar surface area (TPSA) is 59.1 Å². The molecule has 6 nitrogen and oxygen atoms in total. The fourth-order valence-corrected chi connectivity index (χ4v) is 2.92. The molecular weight excluding hydrogens is 308 g/mol. The minimum absolute atomic E-state index is 0.0769. The Morgan fingerprint density at radius 1 is 0.958 bits per heavy atom. The van der Waals surface area contributed by atoms with Crippen molar-refractivity contribution in [2.45, 2.75) is 26.2 Å². The molecule has 0 radical (unpaired) electrons. The third kappa shape index (κ3) is 4.40. The van der Waals surface area contributed by atoms with Crippen LogP contribution >= 0.6 is 0 Å². The molecule has 0 saturated carbocycles. The lowest BCUT2D eigenvalue weighted by Crippen LogP contribution is -2.37. The zero-order valence-electron chi connectivity index (χ0n) is 14.7. The summed E-state index contributed by atoms with van der Waals surface area (Å²) in [6, 6.07) is 5.52. The second-order valence-corrected chi connectivity index (χ2v) is 5.83. The number of benzene rings is 1. The van der Waals surface area contributed by atoms with E-state index in [1.807, 2.05) is 34.9 Å². The van der Waals surface area contributed by atoms with E-state index in [0.29, 0.717) is 44.0 Å². The summed E-state index contributed by atoms with van der Waals surface area (Å²) in [5.41, 5.74) is 0.892. The number of rotatable bonds is 5. The van der Waals surface area contributed by atoms with Gasteiger partial charge in [0.15, 0.2) is 11.5 Å². The first-order valence-corrected chi connectivity index (χ1v) is 8.35. The van der Waals surface area contributed by atoms with E-state index in [1.165, 1.54) is 0 Å². The third-order valence-corrected chi connectivity index (χ3v) is 4.31. The Balaban J connectivity index is 1.98. The van der Waals surface area contributed by atoms with Crippen LogP contribution in [0.3, 0.4) is 0 Å². The Morgan fingerprint density at radius 3 is 2.17 bits per heavy atom. The Labute approximate surface area is 143 Å². The van der Waals surface area contributed by atoms with E-state index in [-0.39, 0.29) is 11.8 Å². The van der Waals surface area contributed by atoms with E-state index in [9.17, 15) is 9.59 Å². The van der Waals surface area contributed by atoms with Gasteiger partial charge in [0.25, 0.3) is 0 Å². The fraction of sp³-hybridized carbons (Fsp3) is 0.556. The van der Waals surface area contributed by atoms with Crippen LogP contribution in [0.25, 0.3) is 0 Å². The van der Waals surface area contributed by atoms with Crippen molar-refractivity contribution in [2.24, 2.45) is 0 Å². The largest absolute Gasteiger partial charge is 0.493 e. The predicted octanol–water partition coefficient (Wildman–Crippen LogP) is 1.72. The first-order chi connectivity index (χ1) is 11.6. The van der Waals surface area contributed by atoms with Crippen molar-refractivity contribution in [3.8, 4) is 11.5 Å². The summed E-state index contributed by atoms with van der Waals surface area (Å²) in [5.74, 6) is 1.51. The van der Waals surface area contributed by atoms with Gasteiger partial charge in [-0.3, -0.25) is 9.59 Å². The molecule has 132 valence electrons. The van der Waals surface area contributed by atoms with Crippen LogP contribution in [0.5, 0.6) is 11.5 Å². The minimum Gasteiger partial charge on any atom is -0.493 e. The maximum Gasteiger partial charge on any atom is 0.227 e. The highest BCUT2D eigenvalue weighted by Crippen LogP contribution is 2.27. The standard InChI is InChI=1S/C18H26N2O4/c1-4-17(21)19-8-5-9-20(11-10-19)18(22)13-14-6-7-15(23-2)16(12-14)24-3/h6-7,12H,4-5,8-11,13H2,1-3H3. The van der Waals surface area contributed by atoms with E-state index in [1.54, 1.807) is 14.2 Å². The molecule has 0 atom stereocenters. The smallest absolute Gasteiger partial charge is 0.227 e. The van der Waals surface area contributed by atoms with E-state index >= 15 is 0 Å². The van der Waals surface area contributed by atoms with E-state index in [0.717, 1.165) is 18.5 Å². The van der Waals surface area contributed by atoms with Gasteiger partial charge < -0.3 is 19.3 Å². The quantitative estimate of drug-likeness (QED) is 0.823. The molecule has 24 heavy (non-hydrogen) atoms. The monoisotopic (exact) mass is 334 g/mol. The summed E-state index contributed by atoms with van der Waals surface area (Å²) in [6.45, 7) is 4.50. The molecule has 0 aromatic heterocycles. The minimum atomic E-state index is 0.0769. The van der Waals surface area contributed by atoms with Gasteiger partial charge in [-0.1, -0.05) is 13.0 Å². The molecule has 2 rings (SSSR count). The number of methoxy groups -OCH3 is 2. The molecule has 1 aromatic rings. The lowest BCUT2D eigenvalue weighted by atomic mass is 10.1. The average molecular weight is 334 g/mol. The molecule has 0 bridgehead atoms.